The van der Waals surface area contributed by atoms with Crippen molar-refractivity contribution in [1.82, 2.24) is 0 Å². The highest BCUT2D eigenvalue weighted by Gasteiger charge is 2.37. The third-order valence-corrected chi connectivity index (χ3v) is 5.08. The number of halogens is 4. The third-order valence-electron chi connectivity index (χ3n) is 2.33. The van der Waals surface area contributed by atoms with Gasteiger partial charge in [0.15, 0.2) is 14.6 Å². The van der Waals surface area contributed by atoms with E-state index in [1.54, 1.807) is 6.07 Å². The van der Waals surface area contributed by atoms with Gasteiger partial charge in [-0.1, -0.05) is 15.9 Å². The number of rotatable bonds is 3. The molecule has 1 aromatic rings. The Morgan fingerprint density at radius 1 is 1.25 bits per heavy atom. The van der Waals surface area contributed by atoms with E-state index in [1.165, 1.54) is 0 Å². The van der Waals surface area contributed by atoms with Crippen molar-refractivity contribution in [2.75, 3.05) is 0 Å². The monoisotopic (exact) mass is 371 g/mol. The Morgan fingerprint density at radius 3 is 2.25 bits per heavy atom. The molecule has 0 aliphatic rings. The second-order valence-electron chi connectivity index (χ2n) is 4.30. The zero-order chi connectivity index (χ0) is 15.8. The Morgan fingerprint density at radius 2 is 1.80 bits per heavy atom. The molecule has 0 aliphatic carbocycles. The van der Waals surface area contributed by atoms with Crippen LogP contribution in [0.1, 0.15) is 13.8 Å². The van der Waals surface area contributed by atoms with E-state index in [-0.39, 0.29) is 4.47 Å². The van der Waals surface area contributed by atoms with Crippen LogP contribution in [0.2, 0.25) is 0 Å². The lowest BCUT2D eigenvalue weighted by Gasteiger charge is -2.17. The van der Waals surface area contributed by atoms with Crippen LogP contribution in [-0.4, -0.2) is 19.5 Å². The van der Waals surface area contributed by atoms with Gasteiger partial charge in [0.05, 0.1) is 11.0 Å². The van der Waals surface area contributed by atoms with E-state index < -0.39 is 31.6 Å². The molecule has 0 atom stereocenters. The number of nitriles is 1. The maximum absolute atomic E-state index is 12.2. The van der Waals surface area contributed by atoms with Crippen molar-refractivity contribution in [2.45, 2.75) is 29.9 Å². The maximum atomic E-state index is 12.2. The summed E-state index contributed by atoms with van der Waals surface area (Å²) in [5, 5.41) is 8.86. The van der Waals surface area contributed by atoms with Crippen LogP contribution in [0.4, 0.5) is 13.2 Å². The SMILES string of the molecule is CC(C)(C#N)S(=O)(=O)c1cc(Br)cc(OC(F)(F)F)c1. The van der Waals surface area contributed by atoms with Crippen molar-refractivity contribution >= 4 is 25.8 Å². The van der Waals surface area contributed by atoms with Crippen molar-refractivity contribution in [1.29, 1.82) is 5.26 Å². The normalized spacial score (nSPS) is 12.8. The molecule has 110 valence electrons. The number of hydrogen-bond acceptors (Lipinski definition) is 4. The first-order chi connectivity index (χ1) is 8.89. The van der Waals surface area contributed by atoms with E-state index in [2.05, 4.69) is 20.7 Å². The highest BCUT2D eigenvalue weighted by atomic mass is 79.9. The van der Waals surface area contributed by atoms with Crippen LogP contribution in [0.5, 0.6) is 5.75 Å². The first-order valence-electron chi connectivity index (χ1n) is 5.11. The molecule has 4 nitrogen and oxygen atoms in total. The number of nitrogens with zero attached hydrogens (tertiary/aromatic N) is 1. The van der Waals surface area contributed by atoms with Gasteiger partial charge in [0.2, 0.25) is 0 Å². The Hall–Kier alpha value is -1.27. The van der Waals surface area contributed by atoms with Crippen molar-refractivity contribution in [3.8, 4) is 11.8 Å². The van der Waals surface area contributed by atoms with Crippen LogP contribution in [0.3, 0.4) is 0 Å². The zero-order valence-electron chi connectivity index (χ0n) is 10.3. The highest BCUT2D eigenvalue weighted by molar-refractivity contribution is 9.10. The summed E-state index contributed by atoms with van der Waals surface area (Å²) in [6, 6.07) is 4.42. The van der Waals surface area contributed by atoms with Gasteiger partial charge in [-0.2, -0.15) is 5.26 Å². The minimum atomic E-state index is -4.94. The summed E-state index contributed by atoms with van der Waals surface area (Å²) in [6.45, 7) is 2.32. The molecule has 0 radical (unpaired) electrons. The minimum absolute atomic E-state index is 0.0894. The van der Waals surface area contributed by atoms with Crippen LogP contribution in [-0.2, 0) is 9.84 Å². The number of sulfone groups is 1. The van der Waals surface area contributed by atoms with Gasteiger partial charge >= 0.3 is 6.36 Å². The lowest BCUT2D eigenvalue weighted by Crippen LogP contribution is -2.30. The van der Waals surface area contributed by atoms with Gasteiger partial charge in [0.25, 0.3) is 0 Å². The second kappa shape index (κ2) is 5.26. The first kappa shape index (κ1) is 16.8. The summed E-state index contributed by atoms with van der Waals surface area (Å²) in [6.07, 6.45) is -4.94. The van der Waals surface area contributed by atoms with E-state index in [1.807, 2.05) is 0 Å². The predicted octanol–water partition coefficient (Wildman–Crippen LogP) is 3.42. The molecule has 0 aromatic heterocycles. The van der Waals surface area contributed by atoms with Crippen LogP contribution in [0, 0.1) is 11.3 Å². The molecule has 0 N–H and O–H groups in total. The van der Waals surface area contributed by atoms with Crippen LogP contribution in [0.25, 0.3) is 0 Å². The zero-order valence-corrected chi connectivity index (χ0v) is 12.7. The molecule has 0 bridgehead atoms. The summed E-state index contributed by atoms with van der Waals surface area (Å²) >= 11 is 2.91. The fourth-order valence-corrected chi connectivity index (χ4v) is 3.13. The van der Waals surface area contributed by atoms with E-state index >= 15 is 0 Å². The topological polar surface area (TPSA) is 67.2 Å². The van der Waals surface area contributed by atoms with Gasteiger partial charge in [-0.05, 0) is 32.0 Å². The molecule has 9 heteroatoms. The molecule has 0 fully saturated rings. The molecule has 0 heterocycles. The van der Waals surface area contributed by atoms with Gasteiger partial charge in [0, 0.05) is 4.47 Å². The lowest BCUT2D eigenvalue weighted by atomic mass is 10.2. The third kappa shape index (κ3) is 3.64. The summed E-state index contributed by atoms with van der Waals surface area (Å²) < 4.78 is 62.8. The van der Waals surface area contributed by atoms with Crippen LogP contribution < -0.4 is 4.74 Å². The summed E-state index contributed by atoms with van der Waals surface area (Å²) in [5.41, 5.74) is 0. The maximum Gasteiger partial charge on any atom is 0.573 e. The summed E-state index contributed by atoms with van der Waals surface area (Å²) in [5.74, 6) is -0.681. The molecule has 0 saturated carbocycles. The van der Waals surface area contributed by atoms with E-state index in [0.29, 0.717) is 0 Å². The van der Waals surface area contributed by atoms with E-state index in [0.717, 1.165) is 32.0 Å². The van der Waals surface area contributed by atoms with E-state index in [4.69, 9.17) is 5.26 Å². The van der Waals surface area contributed by atoms with Crippen LogP contribution >= 0.6 is 15.9 Å². The van der Waals surface area contributed by atoms with Crippen LogP contribution in [0.15, 0.2) is 27.6 Å². The fraction of sp³-hybridized carbons (Fsp3) is 0.364. The molecule has 0 aliphatic heterocycles. The van der Waals surface area contributed by atoms with Crippen molar-refractivity contribution in [2.24, 2.45) is 0 Å². The first-order valence-corrected chi connectivity index (χ1v) is 7.39. The second-order valence-corrected chi connectivity index (χ2v) is 7.71. The quantitative estimate of drug-likeness (QED) is 0.816. The Kier molecular flexibility index (Phi) is 4.41. The highest BCUT2D eigenvalue weighted by Crippen LogP contribution is 2.32. The number of hydrogen-bond donors (Lipinski definition) is 0. The van der Waals surface area contributed by atoms with Gasteiger partial charge in [-0.25, -0.2) is 8.42 Å². The van der Waals surface area contributed by atoms with Crippen molar-refractivity contribution in [3.63, 3.8) is 0 Å². The molecular formula is C11H9BrF3NO3S. The molecular weight excluding hydrogens is 363 g/mol. The summed E-state index contributed by atoms with van der Waals surface area (Å²) in [7, 11) is -4.13. The van der Waals surface area contributed by atoms with Gasteiger partial charge in [-0.3, -0.25) is 0 Å². The number of benzene rings is 1. The molecule has 0 spiro atoms. The average molecular weight is 372 g/mol. The van der Waals surface area contributed by atoms with E-state index in [9.17, 15) is 21.6 Å². The number of ether oxygens (including phenoxy) is 1. The molecule has 0 saturated heterocycles. The Bertz CT molecular complexity index is 662. The standard InChI is InChI=1S/C11H9BrF3NO3S/c1-10(2,6-16)20(17,18)9-4-7(12)3-8(5-9)19-11(13,14)15/h3-5H,1-2H3. The molecule has 20 heavy (non-hydrogen) atoms. The lowest BCUT2D eigenvalue weighted by molar-refractivity contribution is -0.274. The molecule has 1 rings (SSSR count). The Balaban J connectivity index is 3.39. The largest absolute Gasteiger partial charge is 0.573 e. The molecule has 0 unspecified atom stereocenters. The van der Waals surface area contributed by atoms with Gasteiger partial charge in [-0.15, -0.1) is 13.2 Å². The van der Waals surface area contributed by atoms with Crippen molar-refractivity contribution in [3.05, 3.63) is 22.7 Å². The predicted molar refractivity (Wildman–Crippen MR) is 67.7 cm³/mol. The Labute approximate surface area is 122 Å². The summed E-state index contributed by atoms with van der Waals surface area (Å²) in [4.78, 5) is -0.433. The minimum Gasteiger partial charge on any atom is -0.406 e. The number of alkyl halides is 3. The average Bonchev–Trinajstić information content (AvgIpc) is 2.25. The van der Waals surface area contributed by atoms with Crippen molar-refractivity contribution < 1.29 is 26.3 Å². The smallest absolute Gasteiger partial charge is 0.406 e. The molecule has 0 amide bonds. The fourth-order valence-electron chi connectivity index (χ4n) is 1.24. The van der Waals surface area contributed by atoms with Gasteiger partial charge < -0.3 is 4.74 Å². The van der Waals surface area contributed by atoms with Gasteiger partial charge in [0.1, 0.15) is 5.75 Å². The molecule has 1 aromatic carbocycles.